The third-order valence-corrected chi connectivity index (χ3v) is 4.00. The van der Waals surface area contributed by atoms with Crippen molar-refractivity contribution in [2.24, 2.45) is 0 Å². The maximum Gasteiger partial charge on any atom is 0.320 e. The molecule has 1 aliphatic carbocycles. The molecule has 3 rings (SSSR count). The van der Waals surface area contributed by atoms with Gasteiger partial charge in [-0.25, -0.2) is 4.79 Å². The fraction of sp³-hybridized carbons (Fsp3) is 0.353. The standard InChI is InChI=1S/C17H21N5O2/c1-2-18-16(23)11-22-10-9-15(21-22)20-17(24)19-14-8-7-12-5-3-4-6-13(12)14/h3-6,9-10,14H,2,7-8,11H2,1H3,(H,18,23)(H2,19,20,21,24). The maximum absolute atomic E-state index is 12.2. The summed E-state index contributed by atoms with van der Waals surface area (Å²) in [4.78, 5) is 23.7. The predicted octanol–water partition coefficient (Wildman–Crippen LogP) is 1.83. The van der Waals surface area contributed by atoms with Crippen LogP contribution in [-0.4, -0.2) is 28.3 Å². The van der Waals surface area contributed by atoms with E-state index in [9.17, 15) is 9.59 Å². The monoisotopic (exact) mass is 327 g/mol. The van der Waals surface area contributed by atoms with E-state index in [1.165, 1.54) is 15.8 Å². The highest BCUT2D eigenvalue weighted by Gasteiger charge is 2.23. The van der Waals surface area contributed by atoms with Gasteiger partial charge in [-0.2, -0.15) is 5.10 Å². The lowest BCUT2D eigenvalue weighted by molar-refractivity contribution is -0.121. The average Bonchev–Trinajstić information content (AvgIpc) is 3.15. The molecule has 3 amide bonds. The van der Waals surface area contributed by atoms with Gasteiger partial charge in [0.1, 0.15) is 6.54 Å². The highest BCUT2D eigenvalue weighted by Crippen LogP contribution is 2.30. The molecule has 0 fully saturated rings. The Morgan fingerprint density at radius 3 is 2.96 bits per heavy atom. The molecule has 2 aromatic rings. The number of urea groups is 1. The van der Waals surface area contributed by atoms with Gasteiger partial charge in [0.25, 0.3) is 0 Å². The molecule has 126 valence electrons. The number of aryl methyl sites for hydroxylation is 1. The van der Waals surface area contributed by atoms with Crippen molar-refractivity contribution in [1.82, 2.24) is 20.4 Å². The van der Waals surface area contributed by atoms with Crippen molar-refractivity contribution in [2.45, 2.75) is 32.4 Å². The minimum absolute atomic E-state index is 0.0265. The van der Waals surface area contributed by atoms with Crippen molar-refractivity contribution in [2.75, 3.05) is 11.9 Å². The van der Waals surface area contributed by atoms with E-state index in [-0.39, 0.29) is 24.5 Å². The molecule has 7 heteroatoms. The number of carbonyl (C=O) groups is 2. The first-order chi connectivity index (χ1) is 11.7. The quantitative estimate of drug-likeness (QED) is 0.783. The zero-order valence-electron chi connectivity index (χ0n) is 13.6. The fourth-order valence-corrected chi connectivity index (χ4v) is 2.93. The number of amides is 3. The van der Waals surface area contributed by atoms with Crippen LogP contribution < -0.4 is 16.0 Å². The zero-order valence-corrected chi connectivity index (χ0v) is 13.6. The third-order valence-electron chi connectivity index (χ3n) is 4.00. The molecule has 1 aromatic carbocycles. The summed E-state index contributed by atoms with van der Waals surface area (Å²) in [7, 11) is 0. The van der Waals surface area contributed by atoms with Gasteiger partial charge in [0.2, 0.25) is 5.91 Å². The minimum atomic E-state index is -0.292. The molecule has 0 radical (unpaired) electrons. The van der Waals surface area contributed by atoms with Crippen LogP contribution in [0.15, 0.2) is 36.5 Å². The molecular formula is C17H21N5O2. The molecule has 1 heterocycles. The van der Waals surface area contributed by atoms with Crippen LogP contribution >= 0.6 is 0 Å². The fourth-order valence-electron chi connectivity index (χ4n) is 2.93. The van der Waals surface area contributed by atoms with Crippen molar-refractivity contribution in [3.8, 4) is 0 Å². The first-order valence-electron chi connectivity index (χ1n) is 8.11. The Hall–Kier alpha value is -2.83. The summed E-state index contributed by atoms with van der Waals surface area (Å²) in [5.41, 5.74) is 2.46. The Bertz CT molecular complexity index is 740. The second-order valence-electron chi connectivity index (χ2n) is 5.74. The van der Waals surface area contributed by atoms with Crippen molar-refractivity contribution >= 4 is 17.8 Å². The van der Waals surface area contributed by atoms with Gasteiger partial charge in [-0.3, -0.25) is 14.8 Å². The lowest BCUT2D eigenvalue weighted by Gasteiger charge is -2.14. The number of hydrogen-bond acceptors (Lipinski definition) is 3. The number of nitrogens with zero attached hydrogens (tertiary/aromatic N) is 2. The lowest BCUT2D eigenvalue weighted by Crippen LogP contribution is -2.32. The number of hydrogen-bond donors (Lipinski definition) is 3. The number of fused-ring (bicyclic) bond motifs is 1. The molecular weight excluding hydrogens is 306 g/mol. The van der Waals surface area contributed by atoms with Crippen molar-refractivity contribution in [3.05, 3.63) is 47.7 Å². The Morgan fingerprint density at radius 1 is 1.29 bits per heavy atom. The SMILES string of the molecule is CCNC(=O)Cn1ccc(NC(=O)NC2CCc3ccccc32)n1. The van der Waals surface area contributed by atoms with Crippen LogP contribution in [0.3, 0.4) is 0 Å². The molecule has 1 aromatic heterocycles. The molecule has 0 saturated heterocycles. The summed E-state index contributed by atoms with van der Waals surface area (Å²) in [5, 5.41) is 12.6. The van der Waals surface area contributed by atoms with Crippen LogP contribution in [-0.2, 0) is 17.8 Å². The van der Waals surface area contributed by atoms with Crippen LogP contribution in [0.4, 0.5) is 10.6 Å². The van der Waals surface area contributed by atoms with Crippen LogP contribution in [0.25, 0.3) is 0 Å². The Balaban J connectivity index is 1.54. The number of aromatic nitrogens is 2. The zero-order chi connectivity index (χ0) is 16.9. The Labute approximate surface area is 140 Å². The minimum Gasteiger partial charge on any atom is -0.355 e. The summed E-state index contributed by atoms with van der Waals surface area (Å²) >= 11 is 0. The van der Waals surface area contributed by atoms with Crippen LogP contribution in [0.1, 0.15) is 30.5 Å². The molecule has 3 N–H and O–H groups in total. The number of likely N-dealkylation sites (N-methyl/N-ethyl adjacent to an activating group) is 1. The number of nitrogens with one attached hydrogen (secondary N) is 3. The smallest absolute Gasteiger partial charge is 0.320 e. The number of benzene rings is 1. The van der Waals surface area contributed by atoms with Gasteiger partial charge < -0.3 is 10.6 Å². The molecule has 24 heavy (non-hydrogen) atoms. The van der Waals surface area contributed by atoms with E-state index in [0.717, 1.165) is 12.8 Å². The highest BCUT2D eigenvalue weighted by atomic mass is 16.2. The van der Waals surface area contributed by atoms with E-state index >= 15 is 0 Å². The van der Waals surface area contributed by atoms with E-state index in [1.54, 1.807) is 12.3 Å². The van der Waals surface area contributed by atoms with Gasteiger partial charge in [-0.1, -0.05) is 24.3 Å². The molecule has 0 aliphatic heterocycles. The van der Waals surface area contributed by atoms with Crippen LogP contribution in [0.2, 0.25) is 0 Å². The van der Waals surface area contributed by atoms with Crippen LogP contribution in [0.5, 0.6) is 0 Å². The normalized spacial score (nSPS) is 15.6. The van der Waals surface area contributed by atoms with E-state index in [2.05, 4.69) is 27.1 Å². The molecule has 7 nitrogen and oxygen atoms in total. The lowest BCUT2D eigenvalue weighted by atomic mass is 10.1. The molecule has 1 unspecified atom stereocenters. The van der Waals surface area contributed by atoms with Gasteiger partial charge in [0.05, 0.1) is 6.04 Å². The van der Waals surface area contributed by atoms with Crippen LogP contribution in [0, 0.1) is 0 Å². The largest absolute Gasteiger partial charge is 0.355 e. The molecule has 1 aliphatic rings. The van der Waals surface area contributed by atoms with Crippen molar-refractivity contribution in [1.29, 1.82) is 0 Å². The van der Waals surface area contributed by atoms with Gasteiger partial charge >= 0.3 is 6.03 Å². The van der Waals surface area contributed by atoms with E-state index in [4.69, 9.17) is 0 Å². The van der Waals surface area contributed by atoms with Gasteiger partial charge in [-0.15, -0.1) is 0 Å². The molecule has 0 spiro atoms. The summed E-state index contributed by atoms with van der Waals surface area (Å²) < 4.78 is 1.49. The number of anilines is 1. The first-order valence-corrected chi connectivity index (χ1v) is 8.11. The second-order valence-corrected chi connectivity index (χ2v) is 5.74. The average molecular weight is 327 g/mol. The topological polar surface area (TPSA) is 88.0 Å². The van der Waals surface area contributed by atoms with Crippen molar-refractivity contribution in [3.63, 3.8) is 0 Å². The van der Waals surface area contributed by atoms with E-state index in [0.29, 0.717) is 12.4 Å². The third kappa shape index (κ3) is 3.73. The van der Waals surface area contributed by atoms with Crippen molar-refractivity contribution < 1.29 is 9.59 Å². The van der Waals surface area contributed by atoms with Gasteiger partial charge in [0, 0.05) is 18.8 Å². The van der Waals surface area contributed by atoms with Gasteiger partial charge in [-0.05, 0) is 30.9 Å². The Morgan fingerprint density at radius 2 is 2.12 bits per heavy atom. The number of carbonyl (C=O) groups excluding carboxylic acids is 2. The predicted molar refractivity (Wildman–Crippen MR) is 90.6 cm³/mol. The summed E-state index contributed by atoms with van der Waals surface area (Å²) in [5.74, 6) is 0.308. The highest BCUT2D eigenvalue weighted by molar-refractivity contribution is 5.88. The summed E-state index contributed by atoms with van der Waals surface area (Å²) in [6.07, 6.45) is 3.54. The first kappa shape index (κ1) is 16.0. The van der Waals surface area contributed by atoms with E-state index < -0.39 is 0 Å². The van der Waals surface area contributed by atoms with E-state index in [1.807, 2.05) is 25.1 Å². The Kier molecular flexibility index (Phi) is 4.79. The molecule has 0 bridgehead atoms. The maximum atomic E-state index is 12.2. The number of rotatable bonds is 5. The van der Waals surface area contributed by atoms with Gasteiger partial charge in [0.15, 0.2) is 5.82 Å². The molecule has 1 atom stereocenters. The summed E-state index contributed by atoms with van der Waals surface area (Å²) in [6.45, 7) is 2.57. The molecule has 0 saturated carbocycles. The summed E-state index contributed by atoms with van der Waals surface area (Å²) in [6, 6.07) is 9.55. The second kappa shape index (κ2) is 7.16.